The van der Waals surface area contributed by atoms with Crippen molar-refractivity contribution < 1.29 is 19.1 Å². The van der Waals surface area contributed by atoms with Gasteiger partial charge in [0.1, 0.15) is 0 Å². The van der Waals surface area contributed by atoms with Crippen LogP contribution >= 0.6 is 12.2 Å². The Kier molecular flexibility index (Phi) is 4.36. The van der Waals surface area contributed by atoms with Crippen molar-refractivity contribution >= 4 is 34.9 Å². The first-order valence-electron chi connectivity index (χ1n) is 4.83. The fourth-order valence-corrected chi connectivity index (χ4v) is 1.48. The molecule has 0 saturated carbocycles. The molecule has 1 N–H and O–H groups in total. The van der Waals surface area contributed by atoms with Gasteiger partial charge in [-0.25, -0.2) is 4.79 Å². The molecule has 0 aliphatic carbocycles. The first kappa shape index (κ1) is 12.6. The highest BCUT2D eigenvalue weighted by atomic mass is 32.1. The molecular weight excluding hydrogens is 232 g/mol. The lowest BCUT2D eigenvalue weighted by Crippen LogP contribution is -2.38. The molecule has 0 atom stereocenters. The first-order chi connectivity index (χ1) is 7.56. The van der Waals surface area contributed by atoms with Crippen LogP contribution in [0.15, 0.2) is 0 Å². The second-order valence-corrected chi connectivity index (χ2v) is 3.51. The van der Waals surface area contributed by atoms with Crippen LogP contribution in [0.3, 0.4) is 0 Å². The summed E-state index contributed by atoms with van der Waals surface area (Å²) in [5.74, 6) is -3.04. The molecule has 6 nitrogen and oxygen atoms in total. The molecule has 0 unspecified atom stereocenters. The molecule has 1 aliphatic rings. The minimum atomic E-state index is -1.13. The molecule has 0 spiro atoms. The summed E-state index contributed by atoms with van der Waals surface area (Å²) in [6.07, 6.45) is 0. The quantitative estimate of drug-likeness (QED) is 0.284. The lowest BCUT2D eigenvalue weighted by Gasteiger charge is -2.13. The van der Waals surface area contributed by atoms with Gasteiger partial charge in [0.15, 0.2) is 5.11 Å². The maximum atomic E-state index is 11.4. The Labute approximate surface area is 97.9 Å². The summed E-state index contributed by atoms with van der Waals surface area (Å²) in [7, 11) is 0. The molecular formula is C9H12N2O4S. The summed E-state index contributed by atoms with van der Waals surface area (Å²) >= 11 is 4.90. The van der Waals surface area contributed by atoms with Crippen molar-refractivity contribution in [3.05, 3.63) is 0 Å². The smallest absolute Gasteiger partial charge is 0.382 e. The fraction of sp³-hybridized carbons (Fsp3) is 0.556. The number of hydrogen-bond acceptors (Lipinski definition) is 5. The normalized spacial score (nSPS) is 14.6. The zero-order valence-corrected chi connectivity index (χ0v) is 9.63. The van der Waals surface area contributed by atoms with Crippen LogP contribution in [0.25, 0.3) is 0 Å². The lowest BCUT2D eigenvalue weighted by atomic mass is 10.2. The Hall–Kier alpha value is -1.50. The number of carbonyl (C=O) groups excluding carboxylic acids is 3. The van der Waals surface area contributed by atoms with E-state index in [-0.39, 0.29) is 13.2 Å². The highest BCUT2D eigenvalue weighted by Gasteiger charge is 2.28. The third kappa shape index (κ3) is 2.99. The van der Waals surface area contributed by atoms with Gasteiger partial charge < -0.3 is 15.0 Å². The number of rotatable bonds is 5. The molecule has 7 heteroatoms. The molecule has 1 heterocycles. The molecule has 88 valence electrons. The van der Waals surface area contributed by atoms with Crippen LogP contribution in [-0.2, 0) is 19.1 Å². The number of thiocarbonyl (C=S) groups is 1. The zero-order valence-electron chi connectivity index (χ0n) is 8.82. The number of Topliss-reactive ketones (excluding diaryl/α,β-unsaturated/α-hetero) is 2. The van der Waals surface area contributed by atoms with Gasteiger partial charge in [0.05, 0.1) is 13.2 Å². The molecule has 0 bridgehead atoms. The van der Waals surface area contributed by atoms with E-state index in [0.717, 1.165) is 0 Å². The Morgan fingerprint density at radius 2 is 2.19 bits per heavy atom. The van der Waals surface area contributed by atoms with Crippen molar-refractivity contribution in [1.29, 1.82) is 0 Å². The van der Waals surface area contributed by atoms with Crippen molar-refractivity contribution in [1.82, 2.24) is 10.2 Å². The predicted molar refractivity (Wildman–Crippen MR) is 58.8 cm³/mol. The third-order valence-electron chi connectivity index (χ3n) is 1.99. The van der Waals surface area contributed by atoms with Gasteiger partial charge in [0, 0.05) is 13.1 Å². The summed E-state index contributed by atoms with van der Waals surface area (Å²) in [4.78, 5) is 35.1. The van der Waals surface area contributed by atoms with Gasteiger partial charge in [0.2, 0.25) is 5.78 Å². The number of nitrogens with one attached hydrogen (secondary N) is 1. The maximum Gasteiger partial charge on any atom is 0.382 e. The highest BCUT2D eigenvalue weighted by Crippen LogP contribution is 1.98. The van der Waals surface area contributed by atoms with Gasteiger partial charge in [0.25, 0.3) is 0 Å². The van der Waals surface area contributed by atoms with Crippen LogP contribution in [0.1, 0.15) is 6.92 Å². The summed E-state index contributed by atoms with van der Waals surface area (Å²) in [5, 5.41) is 3.27. The molecule has 0 aromatic rings. The van der Waals surface area contributed by atoms with E-state index in [0.29, 0.717) is 18.2 Å². The SMILES string of the molecule is CCOC(=O)C(=O)C(=O)CN1CCNC1=S. The largest absolute Gasteiger partial charge is 0.460 e. The highest BCUT2D eigenvalue weighted by molar-refractivity contribution is 7.80. The molecule has 1 fully saturated rings. The first-order valence-corrected chi connectivity index (χ1v) is 5.24. The van der Waals surface area contributed by atoms with Gasteiger partial charge in [-0.1, -0.05) is 0 Å². The molecule has 0 radical (unpaired) electrons. The van der Waals surface area contributed by atoms with Gasteiger partial charge >= 0.3 is 11.8 Å². The van der Waals surface area contributed by atoms with Crippen molar-refractivity contribution in [2.75, 3.05) is 26.2 Å². The number of nitrogens with zero attached hydrogens (tertiary/aromatic N) is 1. The fourth-order valence-electron chi connectivity index (χ4n) is 1.22. The summed E-state index contributed by atoms with van der Waals surface area (Å²) in [6, 6.07) is 0. The average molecular weight is 244 g/mol. The molecule has 0 amide bonds. The van der Waals surface area contributed by atoms with E-state index < -0.39 is 17.5 Å². The van der Waals surface area contributed by atoms with E-state index >= 15 is 0 Å². The van der Waals surface area contributed by atoms with Gasteiger partial charge in [-0.15, -0.1) is 0 Å². The summed E-state index contributed by atoms with van der Waals surface area (Å²) in [5.41, 5.74) is 0. The van der Waals surface area contributed by atoms with E-state index in [9.17, 15) is 14.4 Å². The molecule has 0 aromatic carbocycles. The van der Waals surface area contributed by atoms with Crippen molar-refractivity contribution in [3.8, 4) is 0 Å². The monoisotopic (exact) mass is 244 g/mol. The molecule has 16 heavy (non-hydrogen) atoms. The molecule has 0 aromatic heterocycles. The minimum absolute atomic E-state index is 0.0710. The van der Waals surface area contributed by atoms with Gasteiger partial charge in [-0.2, -0.15) is 0 Å². The van der Waals surface area contributed by atoms with E-state index in [2.05, 4.69) is 10.1 Å². The Morgan fingerprint density at radius 3 is 2.69 bits per heavy atom. The van der Waals surface area contributed by atoms with Crippen LogP contribution < -0.4 is 5.32 Å². The van der Waals surface area contributed by atoms with Crippen molar-refractivity contribution in [2.24, 2.45) is 0 Å². The number of carbonyl (C=O) groups is 3. The maximum absolute atomic E-state index is 11.4. The Morgan fingerprint density at radius 1 is 1.50 bits per heavy atom. The number of esters is 1. The predicted octanol–water partition coefficient (Wildman–Crippen LogP) is -1.12. The van der Waals surface area contributed by atoms with Crippen LogP contribution in [0.4, 0.5) is 0 Å². The van der Waals surface area contributed by atoms with E-state index in [1.54, 1.807) is 6.92 Å². The second-order valence-electron chi connectivity index (χ2n) is 3.13. The topological polar surface area (TPSA) is 75.7 Å². The van der Waals surface area contributed by atoms with Crippen molar-refractivity contribution in [3.63, 3.8) is 0 Å². The molecule has 1 rings (SSSR count). The summed E-state index contributed by atoms with van der Waals surface area (Å²) in [6.45, 7) is 2.65. The van der Waals surface area contributed by atoms with E-state index in [1.807, 2.05) is 0 Å². The molecule has 1 saturated heterocycles. The minimum Gasteiger partial charge on any atom is -0.460 e. The average Bonchev–Trinajstić information content (AvgIpc) is 2.63. The lowest BCUT2D eigenvalue weighted by molar-refractivity contribution is -0.156. The van der Waals surface area contributed by atoms with Crippen LogP contribution in [0.5, 0.6) is 0 Å². The second kappa shape index (κ2) is 5.55. The van der Waals surface area contributed by atoms with Crippen LogP contribution in [-0.4, -0.2) is 53.8 Å². The van der Waals surface area contributed by atoms with E-state index in [4.69, 9.17) is 12.2 Å². The van der Waals surface area contributed by atoms with Crippen molar-refractivity contribution in [2.45, 2.75) is 6.92 Å². The third-order valence-corrected chi connectivity index (χ3v) is 2.40. The standard InChI is InChI=1S/C9H12N2O4S/c1-2-15-8(14)7(13)6(12)5-11-4-3-10-9(11)16/h2-5H2,1H3,(H,10,16). The number of ketones is 2. The Balaban J connectivity index is 2.48. The zero-order chi connectivity index (χ0) is 12.1. The Bertz CT molecular complexity index is 342. The van der Waals surface area contributed by atoms with Gasteiger partial charge in [-0.3, -0.25) is 9.59 Å². The number of hydrogen-bond donors (Lipinski definition) is 1. The van der Waals surface area contributed by atoms with Gasteiger partial charge in [-0.05, 0) is 19.1 Å². The summed E-state index contributed by atoms with van der Waals surface area (Å²) < 4.78 is 4.44. The number of ether oxygens (including phenoxy) is 1. The van der Waals surface area contributed by atoms with Crippen LogP contribution in [0.2, 0.25) is 0 Å². The van der Waals surface area contributed by atoms with Crippen LogP contribution in [0, 0.1) is 0 Å². The molecule has 1 aliphatic heterocycles. The van der Waals surface area contributed by atoms with E-state index in [1.165, 1.54) is 4.90 Å².